The number of halogens is 7. The maximum atomic E-state index is 13.6. The van der Waals surface area contributed by atoms with E-state index in [1.165, 1.54) is 37.9 Å². The number of hydrogen-bond donors (Lipinski definition) is 1. The van der Waals surface area contributed by atoms with Gasteiger partial charge in [-0.1, -0.05) is 6.07 Å². The number of carbonyl (C=O) groups excluding carboxylic acids is 1. The largest absolute Gasteiger partial charge is 0.416 e. The molecule has 2 aromatic carbocycles. The molecule has 3 nitrogen and oxygen atoms in total. The highest BCUT2D eigenvalue weighted by Gasteiger charge is 2.43. The standard InChI is InChI=1S/C25H27F7N2O/c1-14-9-18(26)5-6-19(14)20-13-33-8-7-21(20)34(4)22(35)23(2,3)15-10-16(24(27,28)29)12-17(11-15)25(30,31)32/h5-6,9-12,20-21,33H,7-8,13H2,1-4H3. The van der Waals surface area contributed by atoms with Gasteiger partial charge in [-0.05, 0) is 80.8 Å². The smallest absolute Gasteiger partial charge is 0.341 e. The normalized spacial score (nSPS) is 19.5. The second-order valence-corrected chi connectivity index (χ2v) is 9.50. The zero-order chi connectivity index (χ0) is 26.3. The predicted octanol–water partition coefficient (Wildman–Crippen LogP) is 6.05. The van der Waals surface area contributed by atoms with Crippen LogP contribution in [-0.4, -0.2) is 37.0 Å². The molecule has 0 aromatic heterocycles. The highest BCUT2D eigenvalue weighted by atomic mass is 19.4. The van der Waals surface area contributed by atoms with Crippen molar-refractivity contribution in [1.29, 1.82) is 0 Å². The lowest BCUT2D eigenvalue weighted by atomic mass is 9.79. The van der Waals surface area contributed by atoms with Gasteiger partial charge in [-0.15, -0.1) is 0 Å². The Morgan fingerprint density at radius 2 is 1.49 bits per heavy atom. The average molecular weight is 504 g/mol. The van der Waals surface area contributed by atoms with Crippen molar-refractivity contribution in [2.75, 3.05) is 20.1 Å². The Morgan fingerprint density at radius 3 is 2.00 bits per heavy atom. The van der Waals surface area contributed by atoms with Crippen LogP contribution in [0.1, 0.15) is 54.0 Å². The van der Waals surface area contributed by atoms with Crippen LogP contribution < -0.4 is 5.32 Å². The molecule has 0 spiro atoms. The zero-order valence-electron chi connectivity index (χ0n) is 19.7. The fourth-order valence-electron chi connectivity index (χ4n) is 4.71. The Hall–Kier alpha value is -2.62. The number of amides is 1. The lowest BCUT2D eigenvalue weighted by Crippen LogP contribution is -2.53. The van der Waals surface area contributed by atoms with Gasteiger partial charge in [-0.25, -0.2) is 4.39 Å². The maximum absolute atomic E-state index is 13.6. The van der Waals surface area contributed by atoms with Crippen molar-refractivity contribution in [3.05, 3.63) is 70.0 Å². The topological polar surface area (TPSA) is 32.3 Å². The highest BCUT2D eigenvalue weighted by molar-refractivity contribution is 5.87. The lowest BCUT2D eigenvalue weighted by Gasteiger charge is -2.42. The van der Waals surface area contributed by atoms with Crippen LogP contribution in [0.4, 0.5) is 30.7 Å². The second kappa shape index (κ2) is 9.44. The maximum Gasteiger partial charge on any atom is 0.416 e. The second-order valence-electron chi connectivity index (χ2n) is 9.50. The molecule has 0 bridgehead atoms. The first-order chi connectivity index (χ1) is 16.0. The van der Waals surface area contributed by atoms with Crippen molar-refractivity contribution < 1.29 is 35.5 Å². The average Bonchev–Trinajstić information content (AvgIpc) is 2.76. The number of aryl methyl sites for hydroxylation is 1. The highest BCUT2D eigenvalue weighted by Crippen LogP contribution is 2.40. The SMILES string of the molecule is Cc1cc(F)ccc1C1CNCCC1N(C)C(=O)C(C)(C)c1cc(C(F)(F)F)cc(C(F)(F)F)c1. The molecule has 1 saturated heterocycles. The van der Waals surface area contributed by atoms with Crippen LogP contribution in [0.2, 0.25) is 0 Å². The van der Waals surface area contributed by atoms with E-state index < -0.39 is 40.6 Å². The summed E-state index contributed by atoms with van der Waals surface area (Å²) >= 11 is 0. The Kier molecular flexibility index (Phi) is 7.28. The molecule has 192 valence electrons. The van der Waals surface area contributed by atoms with E-state index in [0.717, 1.165) is 5.56 Å². The van der Waals surface area contributed by atoms with E-state index in [9.17, 15) is 35.5 Å². The minimum Gasteiger partial charge on any atom is -0.341 e. The van der Waals surface area contributed by atoms with E-state index in [0.29, 0.717) is 37.2 Å². The molecule has 0 radical (unpaired) electrons. The van der Waals surface area contributed by atoms with Gasteiger partial charge in [-0.2, -0.15) is 26.3 Å². The molecule has 1 fully saturated rings. The molecular formula is C25H27F7N2O. The van der Waals surface area contributed by atoms with Crippen molar-refractivity contribution in [3.8, 4) is 0 Å². The monoisotopic (exact) mass is 504 g/mol. The Morgan fingerprint density at radius 1 is 0.943 bits per heavy atom. The molecular weight excluding hydrogens is 477 g/mol. The molecule has 1 aliphatic heterocycles. The van der Waals surface area contributed by atoms with Crippen LogP contribution in [0.15, 0.2) is 36.4 Å². The number of alkyl halides is 6. The first kappa shape index (κ1) is 27.0. The van der Waals surface area contributed by atoms with Crippen LogP contribution in [0, 0.1) is 12.7 Å². The molecule has 1 heterocycles. The molecule has 1 N–H and O–H groups in total. The first-order valence-corrected chi connectivity index (χ1v) is 11.1. The summed E-state index contributed by atoms with van der Waals surface area (Å²) in [5, 5.41) is 3.24. The molecule has 1 amide bonds. The van der Waals surface area contributed by atoms with E-state index in [1.54, 1.807) is 13.0 Å². The zero-order valence-corrected chi connectivity index (χ0v) is 19.7. The predicted molar refractivity (Wildman–Crippen MR) is 117 cm³/mol. The van der Waals surface area contributed by atoms with Crippen molar-refractivity contribution >= 4 is 5.91 Å². The Balaban J connectivity index is 2.00. The van der Waals surface area contributed by atoms with E-state index in [1.807, 2.05) is 0 Å². The van der Waals surface area contributed by atoms with Gasteiger partial charge >= 0.3 is 12.4 Å². The summed E-state index contributed by atoms with van der Waals surface area (Å²) in [5.41, 5.74) is -3.47. The number of nitrogens with zero attached hydrogens (tertiary/aromatic N) is 1. The summed E-state index contributed by atoms with van der Waals surface area (Å²) in [6, 6.07) is 5.21. The summed E-state index contributed by atoms with van der Waals surface area (Å²) in [6.07, 6.45) is -9.52. The minimum absolute atomic E-state index is 0.0495. The van der Waals surface area contributed by atoms with Gasteiger partial charge in [0.1, 0.15) is 5.82 Å². The van der Waals surface area contributed by atoms with Crippen LogP contribution >= 0.6 is 0 Å². The van der Waals surface area contributed by atoms with Gasteiger partial charge in [0.05, 0.1) is 16.5 Å². The molecule has 1 aliphatic rings. The van der Waals surface area contributed by atoms with Gasteiger partial charge in [0, 0.05) is 25.6 Å². The number of nitrogens with one attached hydrogen (secondary N) is 1. The first-order valence-electron chi connectivity index (χ1n) is 11.1. The summed E-state index contributed by atoms with van der Waals surface area (Å²) < 4.78 is 93.9. The molecule has 10 heteroatoms. The Bertz CT molecular complexity index is 1060. The van der Waals surface area contributed by atoms with E-state index in [-0.39, 0.29) is 23.6 Å². The fraction of sp³-hybridized carbons (Fsp3) is 0.480. The van der Waals surface area contributed by atoms with E-state index in [2.05, 4.69) is 5.32 Å². The number of piperidine rings is 1. The molecule has 35 heavy (non-hydrogen) atoms. The van der Waals surface area contributed by atoms with Crippen molar-refractivity contribution in [3.63, 3.8) is 0 Å². The van der Waals surface area contributed by atoms with E-state index in [4.69, 9.17) is 0 Å². The number of benzene rings is 2. The summed E-state index contributed by atoms with van der Waals surface area (Å²) in [4.78, 5) is 15.0. The van der Waals surface area contributed by atoms with Crippen LogP contribution in [0.25, 0.3) is 0 Å². The molecule has 3 rings (SSSR count). The van der Waals surface area contributed by atoms with Crippen molar-refractivity contribution in [2.24, 2.45) is 0 Å². The van der Waals surface area contributed by atoms with Gasteiger partial charge in [0.2, 0.25) is 5.91 Å². The number of hydrogen-bond acceptors (Lipinski definition) is 2. The van der Waals surface area contributed by atoms with Gasteiger partial charge in [-0.3, -0.25) is 4.79 Å². The summed E-state index contributed by atoms with van der Waals surface area (Å²) in [7, 11) is 1.50. The van der Waals surface area contributed by atoms with Crippen molar-refractivity contribution in [1.82, 2.24) is 10.2 Å². The number of rotatable bonds is 4. The summed E-state index contributed by atoms with van der Waals surface area (Å²) in [6.45, 7) is 5.44. The molecule has 0 aliphatic carbocycles. The van der Waals surface area contributed by atoms with Crippen LogP contribution in [0.3, 0.4) is 0 Å². The molecule has 2 unspecified atom stereocenters. The third kappa shape index (κ3) is 5.63. The number of carbonyl (C=O) groups is 1. The van der Waals surface area contributed by atoms with Gasteiger partial charge in [0.25, 0.3) is 0 Å². The minimum atomic E-state index is -5.01. The summed E-state index contributed by atoms with van der Waals surface area (Å²) in [5.74, 6) is -1.25. The number of likely N-dealkylation sites (N-methyl/N-ethyl adjacent to an activating group) is 1. The lowest BCUT2D eigenvalue weighted by molar-refractivity contribution is -0.144. The van der Waals surface area contributed by atoms with Crippen LogP contribution in [-0.2, 0) is 22.6 Å². The van der Waals surface area contributed by atoms with E-state index >= 15 is 0 Å². The third-order valence-corrected chi connectivity index (χ3v) is 6.74. The molecule has 2 atom stereocenters. The van der Waals surface area contributed by atoms with Gasteiger partial charge in [0.15, 0.2) is 0 Å². The molecule has 2 aromatic rings. The molecule has 0 saturated carbocycles. The third-order valence-electron chi connectivity index (χ3n) is 6.74. The Labute approximate surface area is 199 Å². The van der Waals surface area contributed by atoms with Crippen LogP contribution in [0.5, 0.6) is 0 Å². The van der Waals surface area contributed by atoms with Crippen molar-refractivity contribution in [2.45, 2.75) is 56.9 Å². The fourth-order valence-corrected chi connectivity index (χ4v) is 4.71. The van der Waals surface area contributed by atoms with Gasteiger partial charge < -0.3 is 10.2 Å². The quantitative estimate of drug-likeness (QED) is 0.514.